The van der Waals surface area contributed by atoms with Gasteiger partial charge in [-0.25, -0.2) is 0 Å². The molecule has 3 rings (SSSR count). The molecule has 1 fully saturated rings. The van der Waals surface area contributed by atoms with Crippen molar-refractivity contribution < 1.29 is 9.59 Å². The topological polar surface area (TPSA) is 58.4 Å². The van der Waals surface area contributed by atoms with E-state index in [-0.39, 0.29) is 24.4 Å². The van der Waals surface area contributed by atoms with Crippen LogP contribution in [0.4, 0.5) is 5.69 Å². The highest BCUT2D eigenvalue weighted by Gasteiger charge is 2.36. The largest absolute Gasteiger partial charge is 0.324 e. The molecule has 1 aromatic carbocycles. The number of aryl methyl sites for hydroxylation is 1. The van der Waals surface area contributed by atoms with Gasteiger partial charge in [0.05, 0.1) is 17.8 Å². The number of anilines is 1. The van der Waals surface area contributed by atoms with Crippen LogP contribution in [0.25, 0.3) is 0 Å². The lowest BCUT2D eigenvalue weighted by Gasteiger charge is -2.41. The summed E-state index contributed by atoms with van der Waals surface area (Å²) in [6.45, 7) is 2.69. The van der Waals surface area contributed by atoms with Gasteiger partial charge in [-0.2, -0.15) is 5.10 Å². The lowest BCUT2D eigenvalue weighted by Crippen LogP contribution is -2.58. The minimum absolute atomic E-state index is 0.0176. The van der Waals surface area contributed by atoms with E-state index in [4.69, 9.17) is 11.6 Å². The number of rotatable bonds is 5. The van der Waals surface area contributed by atoms with Crippen molar-refractivity contribution in [1.29, 1.82) is 0 Å². The van der Waals surface area contributed by atoms with E-state index >= 15 is 0 Å². The van der Waals surface area contributed by atoms with Gasteiger partial charge in [-0.3, -0.25) is 14.3 Å². The molecule has 1 saturated heterocycles. The molecule has 0 aliphatic carbocycles. The molecule has 138 valence electrons. The zero-order valence-corrected chi connectivity index (χ0v) is 15.8. The first-order valence-corrected chi connectivity index (χ1v) is 9.23. The Hall–Kier alpha value is -2.34. The minimum atomic E-state index is -0.136. The zero-order chi connectivity index (χ0) is 18.7. The molecule has 2 amide bonds. The maximum Gasteiger partial charge on any atom is 0.257 e. The summed E-state index contributed by atoms with van der Waals surface area (Å²) in [5.74, 6) is -0.222. The summed E-state index contributed by atoms with van der Waals surface area (Å²) in [6.07, 6.45) is 6.15. The second-order valence-corrected chi connectivity index (χ2v) is 7.05. The van der Waals surface area contributed by atoms with Gasteiger partial charge in [-0.1, -0.05) is 31.4 Å². The van der Waals surface area contributed by atoms with E-state index in [1.165, 1.54) is 0 Å². The third-order valence-corrected chi connectivity index (χ3v) is 4.93. The molecule has 1 aromatic heterocycles. The highest BCUT2D eigenvalue weighted by molar-refractivity contribution is 6.30. The van der Waals surface area contributed by atoms with Crippen LogP contribution in [0.15, 0.2) is 36.7 Å². The van der Waals surface area contributed by atoms with Gasteiger partial charge in [0.15, 0.2) is 0 Å². The van der Waals surface area contributed by atoms with Crippen LogP contribution >= 0.6 is 11.6 Å². The quantitative estimate of drug-likeness (QED) is 0.807. The van der Waals surface area contributed by atoms with Gasteiger partial charge in [-0.15, -0.1) is 0 Å². The first-order valence-electron chi connectivity index (χ1n) is 8.85. The van der Waals surface area contributed by atoms with Crippen molar-refractivity contribution in [1.82, 2.24) is 14.7 Å². The van der Waals surface area contributed by atoms with Crippen LogP contribution < -0.4 is 4.90 Å². The molecular weight excluding hydrogens is 352 g/mol. The Morgan fingerprint density at radius 3 is 2.65 bits per heavy atom. The molecule has 1 atom stereocenters. The van der Waals surface area contributed by atoms with Gasteiger partial charge in [-0.05, 0) is 30.7 Å². The molecule has 2 heterocycles. The average Bonchev–Trinajstić information content (AvgIpc) is 3.07. The number of hydrogen-bond acceptors (Lipinski definition) is 3. The molecule has 0 N–H and O–H groups in total. The summed E-state index contributed by atoms with van der Waals surface area (Å²) in [4.78, 5) is 29.1. The lowest BCUT2D eigenvalue weighted by atomic mass is 10.0. The SMILES string of the molecule is CCCC[C@@H]1CN(c2ccc(Cl)cc2)C(=O)CN1C(=O)c1cnn(C)c1. The summed E-state index contributed by atoms with van der Waals surface area (Å²) >= 11 is 5.95. The van der Waals surface area contributed by atoms with Gasteiger partial charge in [0.25, 0.3) is 5.91 Å². The standard InChI is InChI=1S/C19H23ClN4O2/c1-3-4-5-17-12-23(16-8-6-15(20)7-9-16)18(25)13-24(17)19(26)14-10-21-22(2)11-14/h6-11,17H,3-5,12-13H2,1-2H3/t17-/m1/s1. The van der Waals surface area contributed by atoms with Crippen molar-refractivity contribution in [2.75, 3.05) is 18.0 Å². The van der Waals surface area contributed by atoms with Gasteiger partial charge >= 0.3 is 0 Å². The summed E-state index contributed by atoms with van der Waals surface area (Å²) in [5, 5.41) is 4.70. The van der Waals surface area contributed by atoms with Gasteiger partial charge in [0.2, 0.25) is 5.91 Å². The van der Waals surface area contributed by atoms with Gasteiger partial charge < -0.3 is 9.80 Å². The molecule has 1 aliphatic heterocycles. The van der Waals surface area contributed by atoms with E-state index in [0.717, 1.165) is 24.9 Å². The molecule has 0 spiro atoms. The third-order valence-electron chi connectivity index (χ3n) is 4.68. The normalized spacial score (nSPS) is 17.7. The molecule has 0 saturated carbocycles. The monoisotopic (exact) mass is 374 g/mol. The number of benzene rings is 1. The fourth-order valence-electron chi connectivity index (χ4n) is 3.26. The van der Waals surface area contributed by atoms with Crippen molar-refractivity contribution in [2.24, 2.45) is 7.05 Å². The van der Waals surface area contributed by atoms with E-state index in [1.807, 2.05) is 12.1 Å². The van der Waals surface area contributed by atoms with Crippen molar-refractivity contribution in [2.45, 2.75) is 32.2 Å². The van der Waals surface area contributed by atoms with E-state index in [9.17, 15) is 9.59 Å². The predicted molar refractivity (Wildman–Crippen MR) is 101 cm³/mol. The van der Waals surface area contributed by atoms with E-state index < -0.39 is 0 Å². The van der Waals surface area contributed by atoms with E-state index in [1.54, 1.807) is 46.1 Å². The summed E-state index contributed by atoms with van der Waals surface area (Å²) in [5.41, 5.74) is 1.33. The number of carbonyl (C=O) groups excluding carboxylic acids is 2. The summed E-state index contributed by atoms with van der Waals surface area (Å²) < 4.78 is 1.60. The molecule has 1 aliphatic rings. The molecule has 26 heavy (non-hydrogen) atoms. The van der Waals surface area contributed by atoms with Crippen LogP contribution in [0, 0.1) is 0 Å². The van der Waals surface area contributed by atoms with Crippen molar-refractivity contribution in [3.05, 3.63) is 47.2 Å². The average molecular weight is 375 g/mol. The maximum atomic E-state index is 12.9. The minimum Gasteiger partial charge on any atom is -0.324 e. The Bertz CT molecular complexity index is 787. The maximum absolute atomic E-state index is 12.9. The first-order chi connectivity index (χ1) is 12.5. The van der Waals surface area contributed by atoms with Crippen LogP contribution in [0.3, 0.4) is 0 Å². The number of carbonyl (C=O) groups is 2. The summed E-state index contributed by atoms with van der Waals surface area (Å²) in [7, 11) is 1.77. The Kier molecular flexibility index (Phi) is 5.61. The molecule has 6 nitrogen and oxygen atoms in total. The molecular formula is C19H23ClN4O2. The lowest BCUT2D eigenvalue weighted by molar-refractivity contribution is -0.121. The second-order valence-electron chi connectivity index (χ2n) is 6.61. The van der Waals surface area contributed by atoms with Crippen molar-refractivity contribution >= 4 is 29.1 Å². The number of amides is 2. The number of unbranched alkanes of at least 4 members (excludes halogenated alkanes) is 1. The Balaban J connectivity index is 1.83. The van der Waals surface area contributed by atoms with Crippen LogP contribution in [-0.2, 0) is 11.8 Å². The Labute approximate surface area is 158 Å². The molecule has 2 aromatic rings. The van der Waals surface area contributed by atoms with Gasteiger partial charge in [0, 0.05) is 30.5 Å². The molecule has 0 unspecified atom stereocenters. The molecule has 0 radical (unpaired) electrons. The van der Waals surface area contributed by atoms with Crippen LogP contribution in [0.2, 0.25) is 5.02 Å². The highest BCUT2D eigenvalue weighted by Crippen LogP contribution is 2.25. The molecule has 7 heteroatoms. The smallest absolute Gasteiger partial charge is 0.257 e. The highest BCUT2D eigenvalue weighted by atomic mass is 35.5. The number of aromatic nitrogens is 2. The number of hydrogen-bond donors (Lipinski definition) is 0. The fourth-order valence-corrected chi connectivity index (χ4v) is 3.39. The van der Waals surface area contributed by atoms with Crippen molar-refractivity contribution in [3.63, 3.8) is 0 Å². The zero-order valence-electron chi connectivity index (χ0n) is 15.1. The van der Waals surface area contributed by atoms with Gasteiger partial charge in [0.1, 0.15) is 6.54 Å². The van der Waals surface area contributed by atoms with Crippen molar-refractivity contribution in [3.8, 4) is 0 Å². The number of nitrogens with zero attached hydrogens (tertiary/aromatic N) is 4. The van der Waals surface area contributed by atoms with Crippen LogP contribution in [0.5, 0.6) is 0 Å². The Morgan fingerprint density at radius 1 is 1.31 bits per heavy atom. The summed E-state index contributed by atoms with van der Waals surface area (Å²) in [6, 6.07) is 7.22. The molecule has 0 bridgehead atoms. The van der Waals surface area contributed by atoms with E-state index in [2.05, 4.69) is 12.0 Å². The number of piperazine rings is 1. The predicted octanol–water partition coefficient (Wildman–Crippen LogP) is 3.12. The number of halogens is 1. The Morgan fingerprint density at radius 2 is 2.04 bits per heavy atom. The van der Waals surface area contributed by atoms with E-state index in [0.29, 0.717) is 17.1 Å². The first kappa shape index (κ1) is 18.5. The van der Waals surface area contributed by atoms with Crippen LogP contribution in [-0.4, -0.2) is 45.6 Å². The second kappa shape index (κ2) is 7.91. The third kappa shape index (κ3) is 3.90. The fraction of sp³-hybridized carbons (Fsp3) is 0.421. The van der Waals surface area contributed by atoms with Crippen LogP contribution in [0.1, 0.15) is 36.5 Å².